The van der Waals surface area contributed by atoms with Crippen LogP contribution in [0.3, 0.4) is 0 Å². The molecule has 1 aliphatic rings. The van der Waals surface area contributed by atoms with E-state index in [2.05, 4.69) is 31.4 Å². The number of nitrogens with zero attached hydrogens (tertiary/aromatic N) is 2. The summed E-state index contributed by atoms with van der Waals surface area (Å²) in [5.41, 5.74) is 2.59. The predicted molar refractivity (Wildman–Crippen MR) is 137 cm³/mol. The molecule has 3 aromatic rings. The van der Waals surface area contributed by atoms with Crippen molar-refractivity contribution in [1.29, 1.82) is 0 Å². The molecule has 1 amide bonds. The molecule has 0 aliphatic carbocycles. The lowest BCUT2D eigenvalue weighted by Gasteiger charge is -2.17. The fourth-order valence-electron chi connectivity index (χ4n) is 4.73. The number of esters is 1. The molecule has 0 spiro atoms. The highest BCUT2D eigenvalue weighted by molar-refractivity contribution is 6.14. The number of anilines is 2. The molecular weight excluding hydrogens is 444 g/mol. The van der Waals surface area contributed by atoms with Gasteiger partial charge in [0.25, 0.3) is 5.91 Å². The zero-order valence-electron chi connectivity index (χ0n) is 20.8. The molecule has 35 heavy (non-hydrogen) atoms. The minimum Gasteiger partial charge on any atom is -0.464 e. The second-order valence-electron chi connectivity index (χ2n) is 9.55. The highest BCUT2D eigenvalue weighted by Gasteiger charge is 2.29. The van der Waals surface area contributed by atoms with E-state index in [1.54, 1.807) is 30.5 Å². The van der Waals surface area contributed by atoms with Gasteiger partial charge in [0.15, 0.2) is 5.69 Å². The van der Waals surface area contributed by atoms with Crippen LogP contribution in [-0.4, -0.2) is 47.3 Å². The van der Waals surface area contributed by atoms with Gasteiger partial charge in [0.2, 0.25) is 0 Å². The highest BCUT2D eigenvalue weighted by Crippen LogP contribution is 2.34. The van der Waals surface area contributed by atoms with Crippen LogP contribution in [0.2, 0.25) is 0 Å². The van der Waals surface area contributed by atoms with Gasteiger partial charge in [0.05, 0.1) is 37.3 Å². The number of benzene rings is 1. The van der Waals surface area contributed by atoms with Crippen molar-refractivity contribution in [3.8, 4) is 0 Å². The second-order valence-corrected chi connectivity index (χ2v) is 9.55. The summed E-state index contributed by atoms with van der Waals surface area (Å²) in [6, 6.07) is 11.1. The number of fused-ring (bicyclic) bond motifs is 1. The molecular formula is C27H34N4O4. The minimum absolute atomic E-state index is 0.0302. The van der Waals surface area contributed by atoms with Crippen LogP contribution in [0.15, 0.2) is 42.6 Å². The number of methoxy groups -OCH3 is 1. The molecule has 1 aromatic carbocycles. The summed E-state index contributed by atoms with van der Waals surface area (Å²) in [5, 5.41) is 7.15. The lowest BCUT2D eigenvalue weighted by atomic mass is 10.1. The fourth-order valence-corrected chi connectivity index (χ4v) is 4.73. The van der Waals surface area contributed by atoms with E-state index in [-0.39, 0.29) is 23.7 Å². The van der Waals surface area contributed by atoms with Gasteiger partial charge in [0, 0.05) is 23.6 Å². The molecule has 1 aliphatic heterocycles. The number of carbonyl (C=O) groups is 2. The third-order valence-electron chi connectivity index (χ3n) is 6.20. The minimum atomic E-state index is -0.535. The lowest BCUT2D eigenvalue weighted by Crippen LogP contribution is -2.21. The Kier molecular flexibility index (Phi) is 7.70. The lowest BCUT2D eigenvalue weighted by molar-refractivity contribution is 0.0580. The van der Waals surface area contributed by atoms with E-state index >= 15 is 0 Å². The number of ether oxygens (including phenoxy) is 2. The Bertz CT molecular complexity index is 1180. The van der Waals surface area contributed by atoms with Gasteiger partial charge in [-0.15, -0.1) is 0 Å². The zero-order chi connectivity index (χ0) is 24.9. The number of amides is 1. The fraction of sp³-hybridized carbons (Fsp3) is 0.444. The van der Waals surface area contributed by atoms with Crippen molar-refractivity contribution in [3.05, 3.63) is 53.9 Å². The Labute approximate surface area is 206 Å². The smallest absolute Gasteiger partial charge is 0.356 e. The van der Waals surface area contributed by atoms with Crippen LogP contribution in [0.4, 0.5) is 11.4 Å². The summed E-state index contributed by atoms with van der Waals surface area (Å²) in [7, 11) is 1.34. The van der Waals surface area contributed by atoms with E-state index < -0.39 is 5.97 Å². The normalized spacial score (nSPS) is 16.4. The summed E-state index contributed by atoms with van der Waals surface area (Å²) in [6.45, 7) is 7.65. The SMILES string of the molecule is COC(=O)c1c(NC(=O)c2ccccc2)c2cc(N[C@H](C)CC(C)C)cnc2n1C[C@H]1CCCO1. The molecule has 3 heterocycles. The van der Waals surface area contributed by atoms with Crippen molar-refractivity contribution in [2.45, 2.75) is 58.7 Å². The molecule has 0 bridgehead atoms. The number of carbonyl (C=O) groups excluding carboxylic acids is 2. The largest absolute Gasteiger partial charge is 0.464 e. The van der Waals surface area contributed by atoms with Crippen molar-refractivity contribution < 1.29 is 19.1 Å². The Balaban J connectivity index is 1.81. The molecule has 186 valence electrons. The van der Waals surface area contributed by atoms with E-state index in [0.29, 0.717) is 41.4 Å². The van der Waals surface area contributed by atoms with Crippen LogP contribution in [0.25, 0.3) is 11.0 Å². The van der Waals surface area contributed by atoms with Crippen molar-refractivity contribution in [2.24, 2.45) is 5.92 Å². The molecule has 0 saturated carbocycles. The summed E-state index contributed by atoms with van der Waals surface area (Å²) in [5.74, 6) is -0.293. The first-order valence-corrected chi connectivity index (χ1v) is 12.2. The Morgan fingerprint density at radius 1 is 1.23 bits per heavy atom. The molecule has 2 aromatic heterocycles. The Hall–Kier alpha value is -3.39. The van der Waals surface area contributed by atoms with Crippen LogP contribution < -0.4 is 10.6 Å². The van der Waals surface area contributed by atoms with E-state index in [0.717, 1.165) is 24.9 Å². The molecule has 0 radical (unpaired) electrons. The van der Waals surface area contributed by atoms with Crippen molar-refractivity contribution in [2.75, 3.05) is 24.4 Å². The number of nitrogens with one attached hydrogen (secondary N) is 2. The van der Waals surface area contributed by atoms with Gasteiger partial charge < -0.3 is 24.7 Å². The molecule has 1 fully saturated rings. The molecule has 2 N–H and O–H groups in total. The second kappa shape index (κ2) is 10.9. The molecule has 8 heteroatoms. The van der Waals surface area contributed by atoms with Crippen LogP contribution in [0.1, 0.15) is 60.9 Å². The van der Waals surface area contributed by atoms with Crippen molar-refractivity contribution in [3.63, 3.8) is 0 Å². The highest BCUT2D eigenvalue weighted by atomic mass is 16.5. The first-order valence-electron chi connectivity index (χ1n) is 12.2. The number of rotatable bonds is 9. The number of hydrogen-bond donors (Lipinski definition) is 2. The van der Waals surface area contributed by atoms with Crippen molar-refractivity contribution in [1.82, 2.24) is 9.55 Å². The molecule has 8 nitrogen and oxygen atoms in total. The maximum absolute atomic E-state index is 13.1. The van der Waals surface area contributed by atoms with E-state index in [4.69, 9.17) is 14.5 Å². The van der Waals surface area contributed by atoms with E-state index in [1.807, 2.05) is 16.7 Å². The standard InChI is InChI=1S/C27H34N4O4/c1-17(2)13-18(3)29-20-14-22-23(30-26(32)19-9-6-5-7-10-19)24(27(33)34-4)31(25(22)28-15-20)16-21-11-8-12-35-21/h5-7,9-10,14-15,17-18,21,29H,8,11-13,16H2,1-4H3,(H,30,32)/t18-,21-/m1/s1. The topological polar surface area (TPSA) is 94.5 Å². The third kappa shape index (κ3) is 5.65. The van der Waals surface area contributed by atoms with Crippen LogP contribution in [0, 0.1) is 5.92 Å². The molecule has 2 atom stereocenters. The van der Waals surface area contributed by atoms with Gasteiger partial charge in [0.1, 0.15) is 5.65 Å². The quantitative estimate of drug-likeness (QED) is 0.416. The monoisotopic (exact) mass is 478 g/mol. The van der Waals surface area contributed by atoms with Gasteiger partial charge >= 0.3 is 5.97 Å². The average Bonchev–Trinajstić information content (AvgIpc) is 3.45. The Morgan fingerprint density at radius 3 is 2.66 bits per heavy atom. The first kappa shape index (κ1) is 24.7. The van der Waals surface area contributed by atoms with Gasteiger partial charge in [-0.05, 0) is 50.3 Å². The van der Waals surface area contributed by atoms with Crippen molar-refractivity contribution >= 4 is 34.3 Å². The maximum atomic E-state index is 13.1. The Morgan fingerprint density at radius 2 is 2.00 bits per heavy atom. The van der Waals surface area contributed by atoms with E-state index in [1.165, 1.54) is 7.11 Å². The third-order valence-corrected chi connectivity index (χ3v) is 6.20. The molecule has 0 unspecified atom stereocenters. The van der Waals surface area contributed by atoms with Crippen LogP contribution >= 0.6 is 0 Å². The average molecular weight is 479 g/mol. The molecule has 4 rings (SSSR count). The van der Waals surface area contributed by atoms with Gasteiger partial charge in [-0.2, -0.15) is 0 Å². The summed E-state index contributed by atoms with van der Waals surface area (Å²) in [4.78, 5) is 30.9. The maximum Gasteiger partial charge on any atom is 0.356 e. The summed E-state index contributed by atoms with van der Waals surface area (Å²) < 4.78 is 12.8. The predicted octanol–water partition coefficient (Wildman–Crippen LogP) is 5.10. The number of hydrogen-bond acceptors (Lipinski definition) is 6. The summed E-state index contributed by atoms with van der Waals surface area (Å²) >= 11 is 0. The number of pyridine rings is 1. The van der Waals surface area contributed by atoms with Gasteiger partial charge in [-0.3, -0.25) is 4.79 Å². The van der Waals surface area contributed by atoms with Crippen LogP contribution in [0.5, 0.6) is 0 Å². The first-order chi connectivity index (χ1) is 16.9. The van der Waals surface area contributed by atoms with Crippen LogP contribution in [-0.2, 0) is 16.0 Å². The van der Waals surface area contributed by atoms with E-state index in [9.17, 15) is 9.59 Å². The van der Waals surface area contributed by atoms with Gasteiger partial charge in [-0.25, -0.2) is 9.78 Å². The van der Waals surface area contributed by atoms with Gasteiger partial charge in [-0.1, -0.05) is 32.0 Å². The molecule has 1 saturated heterocycles. The zero-order valence-corrected chi connectivity index (χ0v) is 20.8. The summed E-state index contributed by atoms with van der Waals surface area (Å²) in [6.07, 6.45) is 4.62. The number of aromatic nitrogens is 2.